The smallest absolute Gasteiger partial charge is 0.193 e. The maximum atomic E-state index is 9.94. The first kappa shape index (κ1) is 15.1. The molecule has 3 aliphatic rings. The Hall–Kier alpha value is -0.810. The van der Waals surface area contributed by atoms with Gasteiger partial charge in [-0.25, -0.2) is 0 Å². The fourth-order valence-corrected chi connectivity index (χ4v) is 3.95. The maximum Gasteiger partial charge on any atom is 0.193 e. The molecule has 5 nitrogen and oxygen atoms in total. The van der Waals surface area contributed by atoms with Gasteiger partial charge in [-0.3, -0.25) is 4.99 Å². The van der Waals surface area contributed by atoms with Crippen LogP contribution in [0.15, 0.2) is 4.99 Å². The van der Waals surface area contributed by atoms with Crippen LogP contribution in [0.3, 0.4) is 0 Å². The molecule has 2 N–H and O–H groups in total. The van der Waals surface area contributed by atoms with E-state index < -0.39 is 0 Å². The van der Waals surface area contributed by atoms with Gasteiger partial charge in [-0.05, 0) is 32.6 Å². The van der Waals surface area contributed by atoms with Crippen LogP contribution in [0, 0.1) is 11.3 Å². The quantitative estimate of drug-likeness (QED) is 0.607. The molecule has 2 saturated heterocycles. The van der Waals surface area contributed by atoms with E-state index in [1.807, 2.05) is 0 Å². The Bertz CT molecular complexity index is 380. The van der Waals surface area contributed by atoms with Crippen molar-refractivity contribution in [3.05, 3.63) is 0 Å². The lowest BCUT2D eigenvalue weighted by molar-refractivity contribution is 0.136. The van der Waals surface area contributed by atoms with Crippen molar-refractivity contribution in [2.75, 3.05) is 39.4 Å². The summed E-state index contributed by atoms with van der Waals surface area (Å²) in [6.07, 6.45) is 5.45. The molecule has 5 heteroatoms. The summed E-state index contributed by atoms with van der Waals surface area (Å²) in [5.74, 6) is 1.38. The highest BCUT2D eigenvalue weighted by molar-refractivity contribution is 5.80. The van der Waals surface area contributed by atoms with Gasteiger partial charge in [-0.1, -0.05) is 6.42 Å². The molecule has 120 valence electrons. The zero-order valence-electron chi connectivity index (χ0n) is 13.2. The Kier molecular flexibility index (Phi) is 4.69. The Balaban J connectivity index is 1.61. The molecule has 3 unspecified atom stereocenters. The van der Waals surface area contributed by atoms with Gasteiger partial charge >= 0.3 is 0 Å². The summed E-state index contributed by atoms with van der Waals surface area (Å²) in [4.78, 5) is 7.20. The van der Waals surface area contributed by atoms with Gasteiger partial charge in [-0.15, -0.1) is 0 Å². The number of aliphatic imine (C=N–C) groups is 1. The van der Waals surface area contributed by atoms with Gasteiger partial charge in [0.25, 0.3) is 0 Å². The zero-order chi connectivity index (χ0) is 14.7. The lowest BCUT2D eigenvalue weighted by Crippen LogP contribution is -2.42. The van der Waals surface area contributed by atoms with Gasteiger partial charge in [0.15, 0.2) is 5.96 Å². The number of nitrogens with one attached hydrogen (secondary N) is 1. The van der Waals surface area contributed by atoms with E-state index in [0.717, 1.165) is 64.6 Å². The van der Waals surface area contributed by atoms with Gasteiger partial charge < -0.3 is 20.1 Å². The van der Waals surface area contributed by atoms with Gasteiger partial charge in [0.1, 0.15) is 0 Å². The molecule has 21 heavy (non-hydrogen) atoms. The van der Waals surface area contributed by atoms with E-state index in [1.165, 1.54) is 12.8 Å². The highest BCUT2D eigenvalue weighted by atomic mass is 16.5. The summed E-state index contributed by atoms with van der Waals surface area (Å²) in [6, 6.07) is 0. The van der Waals surface area contributed by atoms with Crippen LogP contribution < -0.4 is 5.32 Å². The molecular weight excluding hydrogens is 266 g/mol. The molecule has 1 saturated carbocycles. The first-order valence-corrected chi connectivity index (χ1v) is 8.51. The highest BCUT2D eigenvalue weighted by Gasteiger charge is 2.42. The summed E-state index contributed by atoms with van der Waals surface area (Å²) < 4.78 is 5.61. The summed E-state index contributed by atoms with van der Waals surface area (Å²) in [7, 11) is 0. The van der Waals surface area contributed by atoms with Crippen LogP contribution in [0.4, 0.5) is 0 Å². The maximum absolute atomic E-state index is 9.94. The van der Waals surface area contributed by atoms with E-state index >= 15 is 0 Å². The standard InChI is InChI=1S/C16H29N3O2/c1-2-17-15(18-10-13-4-3-5-14(13)20)19-8-6-16(11-19)7-9-21-12-16/h13-14,20H,2-12H2,1H3,(H,17,18). The monoisotopic (exact) mass is 295 g/mol. The van der Waals surface area contributed by atoms with E-state index in [9.17, 15) is 5.11 Å². The molecule has 0 aromatic heterocycles. The largest absolute Gasteiger partial charge is 0.393 e. The Morgan fingerprint density at radius 3 is 3.00 bits per heavy atom. The summed E-state index contributed by atoms with van der Waals surface area (Å²) in [5.41, 5.74) is 0.364. The summed E-state index contributed by atoms with van der Waals surface area (Å²) in [5, 5.41) is 13.4. The van der Waals surface area contributed by atoms with Crippen LogP contribution in [0.5, 0.6) is 0 Å². The molecule has 3 atom stereocenters. The molecule has 1 aliphatic carbocycles. The molecule has 3 rings (SSSR count). The number of guanidine groups is 1. The average molecular weight is 295 g/mol. The number of aliphatic hydroxyl groups excluding tert-OH is 1. The van der Waals surface area contributed by atoms with Crippen LogP contribution in [-0.2, 0) is 4.74 Å². The van der Waals surface area contributed by atoms with Gasteiger partial charge in [0, 0.05) is 44.1 Å². The second-order valence-electron chi connectivity index (χ2n) is 6.93. The number of hydrogen-bond acceptors (Lipinski definition) is 3. The highest BCUT2D eigenvalue weighted by Crippen LogP contribution is 2.38. The summed E-state index contributed by atoms with van der Waals surface area (Å²) >= 11 is 0. The molecule has 1 spiro atoms. The third-order valence-electron chi connectivity index (χ3n) is 5.35. The number of nitrogens with zero attached hydrogens (tertiary/aromatic N) is 2. The third-order valence-corrected chi connectivity index (χ3v) is 5.35. The third kappa shape index (κ3) is 3.34. The Labute approximate surface area is 127 Å². The lowest BCUT2D eigenvalue weighted by Gasteiger charge is -2.25. The van der Waals surface area contributed by atoms with Crippen molar-refractivity contribution >= 4 is 5.96 Å². The second-order valence-corrected chi connectivity index (χ2v) is 6.93. The molecule has 0 amide bonds. The number of likely N-dealkylation sites (tertiary alicyclic amines) is 1. The predicted octanol–water partition coefficient (Wildman–Crippen LogP) is 1.23. The Morgan fingerprint density at radius 1 is 1.43 bits per heavy atom. The average Bonchev–Trinajstić information content (AvgIpc) is 3.19. The van der Waals surface area contributed by atoms with Crippen molar-refractivity contribution in [1.29, 1.82) is 0 Å². The molecule has 2 aliphatic heterocycles. The van der Waals surface area contributed by atoms with E-state index in [4.69, 9.17) is 9.73 Å². The predicted molar refractivity (Wildman–Crippen MR) is 83.4 cm³/mol. The summed E-state index contributed by atoms with van der Waals surface area (Å²) in [6.45, 7) is 7.72. The minimum Gasteiger partial charge on any atom is -0.393 e. The SMILES string of the molecule is CCNC(=NCC1CCCC1O)N1CCC2(CCOC2)C1. The molecule has 0 bridgehead atoms. The fourth-order valence-electron chi connectivity index (χ4n) is 3.95. The van der Waals surface area contributed by atoms with Gasteiger partial charge in [0.2, 0.25) is 0 Å². The second kappa shape index (κ2) is 6.53. The fraction of sp³-hybridized carbons (Fsp3) is 0.938. The number of hydrogen-bond donors (Lipinski definition) is 2. The Morgan fingerprint density at radius 2 is 2.33 bits per heavy atom. The van der Waals surface area contributed by atoms with E-state index in [0.29, 0.717) is 11.3 Å². The molecule has 3 fully saturated rings. The van der Waals surface area contributed by atoms with E-state index in [-0.39, 0.29) is 6.10 Å². The van der Waals surface area contributed by atoms with Gasteiger partial charge in [0.05, 0.1) is 12.7 Å². The van der Waals surface area contributed by atoms with Crippen molar-refractivity contribution in [3.63, 3.8) is 0 Å². The number of ether oxygens (including phenoxy) is 1. The zero-order valence-corrected chi connectivity index (χ0v) is 13.2. The number of rotatable bonds is 3. The van der Waals surface area contributed by atoms with Crippen molar-refractivity contribution in [1.82, 2.24) is 10.2 Å². The van der Waals surface area contributed by atoms with Crippen molar-refractivity contribution in [3.8, 4) is 0 Å². The number of aliphatic hydroxyl groups is 1. The van der Waals surface area contributed by atoms with Gasteiger partial charge in [-0.2, -0.15) is 0 Å². The minimum absolute atomic E-state index is 0.148. The van der Waals surface area contributed by atoms with Crippen LogP contribution in [0.25, 0.3) is 0 Å². The van der Waals surface area contributed by atoms with Crippen LogP contribution in [-0.4, -0.2) is 61.5 Å². The molecule has 0 aromatic carbocycles. The first-order chi connectivity index (χ1) is 10.2. The topological polar surface area (TPSA) is 57.1 Å². The van der Waals surface area contributed by atoms with Crippen molar-refractivity contribution in [2.45, 2.75) is 45.1 Å². The van der Waals surface area contributed by atoms with Crippen LogP contribution in [0.2, 0.25) is 0 Å². The van der Waals surface area contributed by atoms with Crippen molar-refractivity contribution in [2.24, 2.45) is 16.3 Å². The van der Waals surface area contributed by atoms with Crippen LogP contribution >= 0.6 is 0 Å². The molecule has 0 radical (unpaired) electrons. The van der Waals surface area contributed by atoms with Crippen LogP contribution in [0.1, 0.15) is 39.0 Å². The minimum atomic E-state index is -0.148. The molecule has 0 aromatic rings. The van der Waals surface area contributed by atoms with E-state index in [2.05, 4.69) is 17.1 Å². The van der Waals surface area contributed by atoms with E-state index in [1.54, 1.807) is 0 Å². The normalized spacial score (nSPS) is 36.9. The first-order valence-electron chi connectivity index (χ1n) is 8.51. The van der Waals surface area contributed by atoms with Crippen molar-refractivity contribution < 1.29 is 9.84 Å². The lowest BCUT2D eigenvalue weighted by atomic mass is 9.87. The molecular formula is C16H29N3O2. The molecule has 2 heterocycles.